The molecular weight excluding hydrogens is 388 g/mol. The molecule has 1 unspecified atom stereocenters. The van der Waals surface area contributed by atoms with Crippen LogP contribution in [0.2, 0.25) is 0 Å². The Morgan fingerprint density at radius 2 is 2.00 bits per heavy atom. The lowest BCUT2D eigenvalue weighted by atomic mass is 10.1. The van der Waals surface area contributed by atoms with E-state index in [2.05, 4.69) is 33.8 Å². The molecule has 4 rings (SSSR count). The van der Waals surface area contributed by atoms with Gasteiger partial charge in [-0.15, -0.1) is 0 Å². The lowest BCUT2D eigenvalue weighted by molar-refractivity contribution is -0.134. The van der Waals surface area contributed by atoms with Gasteiger partial charge in [0.1, 0.15) is 0 Å². The van der Waals surface area contributed by atoms with Crippen molar-refractivity contribution in [2.45, 2.75) is 51.5 Å². The Morgan fingerprint density at radius 1 is 1.19 bits per heavy atom. The maximum absolute atomic E-state index is 12.7. The molecule has 1 saturated heterocycles. The summed E-state index contributed by atoms with van der Waals surface area (Å²) in [4.78, 5) is 19.5. The molecule has 1 saturated carbocycles. The van der Waals surface area contributed by atoms with E-state index in [0.29, 0.717) is 12.5 Å². The monoisotopic (exact) mass is 422 g/mol. The Kier molecular flexibility index (Phi) is 7.22. The van der Waals surface area contributed by atoms with Crippen LogP contribution in [0.1, 0.15) is 44.6 Å². The molecule has 7 nitrogen and oxygen atoms in total. The first kappa shape index (κ1) is 21.4. The second kappa shape index (κ2) is 10.5. The Bertz CT molecular complexity index is 871. The van der Waals surface area contributed by atoms with Crippen LogP contribution in [0.25, 0.3) is 5.69 Å². The summed E-state index contributed by atoms with van der Waals surface area (Å²) in [7, 11) is 0. The first-order valence-corrected chi connectivity index (χ1v) is 11.7. The Labute approximate surface area is 184 Å². The van der Waals surface area contributed by atoms with Crippen molar-refractivity contribution in [3.05, 3.63) is 48.3 Å². The minimum absolute atomic E-state index is 0.262. The normalized spacial score (nSPS) is 19.7. The van der Waals surface area contributed by atoms with Gasteiger partial charge in [-0.2, -0.15) is 5.10 Å². The maximum atomic E-state index is 12.7. The molecule has 1 aromatic heterocycles. The predicted molar refractivity (Wildman–Crippen MR) is 123 cm³/mol. The highest BCUT2D eigenvalue weighted by molar-refractivity contribution is 5.81. The number of benzene rings is 1. The summed E-state index contributed by atoms with van der Waals surface area (Å²) in [5.41, 5.74) is 2.22. The summed E-state index contributed by atoms with van der Waals surface area (Å²) < 4.78 is 1.90. The van der Waals surface area contributed by atoms with Gasteiger partial charge in [0.05, 0.1) is 11.9 Å². The second-order valence-corrected chi connectivity index (χ2v) is 8.53. The molecule has 7 heteroatoms. The molecule has 2 fully saturated rings. The van der Waals surface area contributed by atoms with E-state index >= 15 is 0 Å². The van der Waals surface area contributed by atoms with Gasteiger partial charge in [-0.3, -0.25) is 9.79 Å². The predicted octanol–water partition coefficient (Wildman–Crippen LogP) is 2.76. The molecule has 1 aromatic carbocycles. The summed E-state index contributed by atoms with van der Waals surface area (Å²) in [6.07, 6.45) is 10.3. The van der Waals surface area contributed by atoms with Gasteiger partial charge in [-0.25, -0.2) is 4.68 Å². The molecular formula is C24H34N6O. The fourth-order valence-corrected chi connectivity index (χ4v) is 4.53. The third-order valence-electron chi connectivity index (χ3n) is 6.22. The summed E-state index contributed by atoms with van der Waals surface area (Å²) in [5, 5.41) is 11.3. The minimum Gasteiger partial charge on any atom is -0.357 e. The van der Waals surface area contributed by atoms with Crippen molar-refractivity contribution in [3.63, 3.8) is 0 Å². The smallest absolute Gasteiger partial charge is 0.225 e. The van der Waals surface area contributed by atoms with E-state index in [4.69, 9.17) is 4.99 Å². The number of likely N-dealkylation sites (tertiary alicyclic amines) is 1. The number of carbonyl (C=O) groups excluding carboxylic acids is 1. The van der Waals surface area contributed by atoms with Crippen molar-refractivity contribution in [1.82, 2.24) is 25.3 Å². The first-order valence-electron chi connectivity index (χ1n) is 11.7. The summed E-state index contributed by atoms with van der Waals surface area (Å²) in [6, 6.07) is 10.4. The fourth-order valence-electron chi connectivity index (χ4n) is 4.53. The Balaban J connectivity index is 1.28. The first-order chi connectivity index (χ1) is 15.2. The van der Waals surface area contributed by atoms with E-state index in [0.717, 1.165) is 62.5 Å². The molecule has 0 bridgehead atoms. The molecule has 2 aliphatic rings. The SMILES string of the molecule is CCNC(=NCCc1cnn(-c2ccccc2)c1)NC1CCN(C(=O)C2CCCC2)C1. The van der Waals surface area contributed by atoms with Crippen LogP contribution in [0.4, 0.5) is 0 Å². The number of hydrogen-bond acceptors (Lipinski definition) is 3. The van der Waals surface area contributed by atoms with Crippen LogP contribution < -0.4 is 10.6 Å². The third-order valence-corrected chi connectivity index (χ3v) is 6.22. The number of carbonyl (C=O) groups is 1. The minimum atomic E-state index is 0.262. The average molecular weight is 423 g/mol. The lowest BCUT2D eigenvalue weighted by Crippen LogP contribution is -2.45. The largest absolute Gasteiger partial charge is 0.357 e. The number of aromatic nitrogens is 2. The molecule has 1 amide bonds. The van der Waals surface area contributed by atoms with Crippen LogP contribution in [0.15, 0.2) is 47.7 Å². The van der Waals surface area contributed by atoms with E-state index in [1.165, 1.54) is 12.8 Å². The zero-order chi connectivity index (χ0) is 21.5. The number of hydrogen-bond donors (Lipinski definition) is 2. The number of nitrogens with one attached hydrogen (secondary N) is 2. The average Bonchev–Trinajstić information content (AvgIpc) is 3.56. The van der Waals surface area contributed by atoms with Crippen LogP contribution in [0, 0.1) is 5.92 Å². The van der Waals surface area contributed by atoms with Gasteiger partial charge in [-0.1, -0.05) is 31.0 Å². The molecule has 1 atom stereocenters. The van der Waals surface area contributed by atoms with E-state index in [-0.39, 0.29) is 12.0 Å². The fraction of sp³-hybridized carbons (Fsp3) is 0.542. The van der Waals surface area contributed by atoms with Crippen molar-refractivity contribution in [1.29, 1.82) is 0 Å². The molecule has 2 aromatic rings. The van der Waals surface area contributed by atoms with Gasteiger partial charge in [0.15, 0.2) is 5.96 Å². The van der Waals surface area contributed by atoms with Gasteiger partial charge in [0.25, 0.3) is 0 Å². The molecule has 0 radical (unpaired) electrons. The summed E-state index contributed by atoms with van der Waals surface area (Å²) >= 11 is 0. The molecule has 0 spiro atoms. The van der Waals surface area contributed by atoms with Crippen LogP contribution >= 0.6 is 0 Å². The molecule has 2 heterocycles. The maximum Gasteiger partial charge on any atom is 0.225 e. The number of nitrogens with zero attached hydrogens (tertiary/aromatic N) is 4. The summed E-state index contributed by atoms with van der Waals surface area (Å²) in [6.45, 7) is 5.21. The van der Waals surface area contributed by atoms with Crippen molar-refractivity contribution in [2.24, 2.45) is 10.9 Å². The summed E-state index contributed by atoms with van der Waals surface area (Å²) in [5.74, 6) is 1.45. The van der Waals surface area contributed by atoms with Crippen molar-refractivity contribution >= 4 is 11.9 Å². The molecule has 31 heavy (non-hydrogen) atoms. The highest BCUT2D eigenvalue weighted by atomic mass is 16.2. The molecule has 1 aliphatic carbocycles. The Morgan fingerprint density at radius 3 is 2.77 bits per heavy atom. The van der Waals surface area contributed by atoms with Gasteiger partial charge >= 0.3 is 0 Å². The van der Waals surface area contributed by atoms with E-state index in [1.54, 1.807) is 0 Å². The lowest BCUT2D eigenvalue weighted by Gasteiger charge is -2.21. The van der Waals surface area contributed by atoms with Crippen LogP contribution in [0.3, 0.4) is 0 Å². The van der Waals surface area contributed by atoms with E-state index in [9.17, 15) is 4.79 Å². The second-order valence-electron chi connectivity index (χ2n) is 8.53. The number of amides is 1. The van der Waals surface area contributed by atoms with Gasteiger partial charge in [-0.05, 0) is 50.3 Å². The zero-order valence-corrected chi connectivity index (χ0v) is 18.5. The van der Waals surface area contributed by atoms with Crippen LogP contribution in [-0.2, 0) is 11.2 Å². The van der Waals surface area contributed by atoms with Gasteiger partial charge in [0, 0.05) is 44.3 Å². The zero-order valence-electron chi connectivity index (χ0n) is 18.5. The van der Waals surface area contributed by atoms with E-state index < -0.39 is 0 Å². The molecule has 2 N–H and O–H groups in total. The van der Waals surface area contributed by atoms with Gasteiger partial charge < -0.3 is 15.5 Å². The van der Waals surface area contributed by atoms with Crippen LogP contribution in [-0.4, -0.2) is 58.8 Å². The van der Waals surface area contributed by atoms with Crippen molar-refractivity contribution < 1.29 is 4.79 Å². The number of rotatable bonds is 7. The van der Waals surface area contributed by atoms with Crippen molar-refractivity contribution in [3.8, 4) is 5.69 Å². The van der Waals surface area contributed by atoms with E-state index in [1.807, 2.05) is 41.2 Å². The highest BCUT2D eigenvalue weighted by Gasteiger charge is 2.32. The highest BCUT2D eigenvalue weighted by Crippen LogP contribution is 2.27. The number of guanidine groups is 1. The standard InChI is InChI=1S/C24H34N6O/c1-2-25-24(28-21-13-15-29(18-21)23(31)20-8-6-7-9-20)26-14-12-19-16-27-30(17-19)22-10-4-3-5-11-22/h3-5,10-11,16-17,20-21H,2,6-9,12-15,18H2,1H3,(H2,25,26,28). The number of aliphatic imine (C=N–C) groups is 1. The van der Waals surface area contributed by atoms with Gasteiger partial charge in [0.2, 0.25) is 5.91 Å². The van der Waals surface area contributed by atoms with Crippen LogP contribution in [0.5, 0.6) is 0 Å². The van der Waals surface area contributed by atoms with Crippen molar-refractivity contribution in [2.75, 3.05) is 26.2 Å². The third kappa shape index (κ3) is 5.66. The quantitative estimate of drug-likeness (QED) is 0.532. The number of para-hydroxylation sites is 1. The topological polar surface area (TPSA) is 74.6 Å². The molecule has 166 valence electrons. The molecule has 1 aliphatic heterocycles. The Hall–Kier alpha value is -2.83.